The lowest BCUT2D eigenvalue weighted by Gasteiger charge is -2.03. The third-order valence-corrected chi connectivity index (χ3v) is 6.50. The number of nitrogens with zero attached hydrogens (tertiary/aromatic N) is 1. The van der Waals surface area contributed by atoms with Crippen molar-refractivity contribution in [2.45, 2.75) is 18.3 Å². The summed E-state index contributed by atoms with van der Waals surface area (Å²) in [7, 11) is 0. The number of nitrogens with one attached hydrogen (secondary N) is 1. The smallest absolute Gasteiger partial charge is 0.286 e. The average Bonchev–Trinajstić information content (AvgIpc) is 3.36. The van der Waals surface area contributed by atoms with Crippen LogP contribution in [0.25, 0.3) is 21.2 Å². The normalized spacial score (nSPS) is 16.8. The molecule has 0 saturated carbocycles. The molecule has 1 atom stereocenters. The molecule has 2 aromatic carbocycles. The van der Waals surface area contributed by atoms with Crippen LogP contribution < -0.4 is 10.1 Å². The van der Waals surface area contributed by atoms with E-state index in [2.05, 4.69) is 16.4 Å². The summed E-state index contributed by atoms with van der Waals surface area (Å²) in [6.45, 7) is 0.249. The van der Waals surface area contributed by atoms with Crippen LogP contribution in [0, 0.1) is 0 Å². The number of aromatic nitrogens is 1. The van der Waals surface area contributed by atoms with E-state index < -0.39 is 0 Å². The first kappa shape index (κ1) is 17.3. The third kappa shape index (κ3) is 3.36. The molecule has 1 aliphatic heterocycles. The highest BCUT2D eigenvalue weighted by molar-refractivity contribution is 8.15. The summed E-state index contributed by atoms with van der Waals surface area (Å²) in [5.41, 5.74) is 1.55. The van der Waals surface area contributed by atoms with Gasteiger partial charge in [0.15, 0.2) is 12.2 Å². The van der Waals surface area contributed by atoms with Gasteiger partial charge in [0, 0.05) is 16.0 Å². The van der Waals surface area contributed by atoms with Crippen molar-refractivity contribution in [2.24, 2.45) is 0 Å². The Balaban J connectivity index is 1.30. The number of amides is 2. The lowest BCUT2D eigenvalue weighted by molar-refractivity contribution is -0.118. The number of fused-ring (bicyclic) bond motifs is 2. The lowest BCUT2D eigenvalue weighted by Crippen LogP contribution is -2.25. The summed E-state index contributed by atoms with van der Waals surface area (Å²) < 4.78 is 12.6. The number of hydrogen-bond donors (Lipinski definition) is 1. The van der Waals surface area contributed by atoms with Crippen molar-refractivity contribution in [3.63, 3.8) is 0 Å². The Kier molecular flexibility index (Phi) is 4.29. The Hall–Kier alpha value is -2.84. The lowest BCUT2D eigenvalue weighted by atomic mass is 10.2. The zero-order valence-electron chi connectivity index (χ0n) is 14.5. The second-order valence-electron chi connectivity index (χ2n) is 6.36. The number of thiophene rings is 1. The third-order valence-electron chi connectivity index (χ3n) is 4.40. The van der Waals surface area contributed by atoms with E-state index in [0.29, 0.717) is 12.3 Å². The number of carbonyl (C=O) groups is 2. The molecule has 140 valence electrons. The van der Waals surface area contributed by atoms with Crippen LogP contribution >= 0.6 is 23.1 Å². The first-order chi connectivity index (χ1) is 13.6. The van der Waals surface area contributed by atoms with Crippen molar-refractivity contribution in [1.29, 1.82) is 0 Å². The highest BCUT2D eigenvalue weighted by Gasteiger charge is 2.31. The molecule has 0 spiro atoms. The maximum absolute atomic E-state index is 11.8. The fourth-order valence-corrected chi connectivity index (χ4v) is 5.18. The average molecular weight is 410 g/mol. The number of hydrogen-bond acceptors (Lipinski definition) is 7. The Labute approximate surface area is 167 Å². The van der Waals surface area contributed by atoms with Crippen LogP contribution in [-0.2, 0) is 17.8 Å². The minimum Gasteiger partial charge on any atom is -0.484 e. The molecule has 0 bridgehead atoms. The molecule has 3 heterocycles. The number of imide groups is 1. The van der Waals surface area contributed by atoms with Gasteiger partial charge < -0.3 is 9.15 Å². The van der Waals surface area contributed by atoms with Gasteiger partial charge in [-0.25, -0.2) is 4.98 Å². The molecule has 1 N–H and O–H groups in total. The van der Waals surface area contributed by atoms with Gasteiger partial charge in [-0.05, 0) is 41.8 Å². The molecule has 1 unspecified atom stereocenters. The number of para-hydroxylation sites is 2. The van der Waals surface area contributed by atoms with Crippen LogP contribution in [0.5, 0.6) is 5.75 Å². The van der Waals surface area contributed by atoms with E-state index >= 15 is 0 Å². The maximum atomic E-state index is 11.8. The van der Waals surface area contributed by atoms with Crippen molar-refractivity contribution in [3.05, 3.63) is 59.3 Å². The molecule has 0 aliphatic carbocycles. The van der Waals surface area contributed by atoms with E-state index in [-0.39, 0.29) is 23.0 Å². The fourth-order valence-electron chi connectivity index (χ4n) is 3.09. The van der Waals surface area contributed by atoms with Gasteiger partial charge in [-0.1, -0.05) is 23.9 Å². The van der Waals surface area contributed by atoms with E-state index in [9.17, 15) is 9.59 Å². The van der Waals surface area contributed by atoms with Crippen LogP contribution in [0.15, 0.2) is 52.9 Å². The zero-order chi connectivity index (χ0) is 19.1. The molecule has 28 heavy (non-hydrogen) atoms. The van der Waals surface area contributed by atoms with Crippen molar-refractivity contribution >= 4 is 55.4 Å². The number of thioether (sulfide) groups is 1. The Bertz CT molecular complexity index is 1180. The summed E-state index contributed by atoms with van der Waals surface area (Å²) in [4.78, 5) is 28.6. The van der Waals surface area contributed by atoms with Crippen molar-refractivity contribution in [2.75, 3.05) is 0 Å². The Morgan fingerprint density at radius 3 is 2.86 bits per heavy atom. The molecular formula is C20H14N2O4S2. The number of oxazole rings is 1. The molecule has 6 nitrogen and oxygen atoms in total. The van der Waals surface area contributed by atoms with E-state index in [1.54, 1.807) is 11.3 Å². The zero-order valence-corrected chi connectivity index (χ0v) is 16.1. The molecule has 1 aliphatic rings. The number of ether oxygens (including phenoxy) is 1. The number of rotatable bonds is 5. The summed E-state index contributed by atoms with van der Waals surface area (Å²) in [6, 6.07) is 15.5. The standard InChI is InChI=1S/C20H14N2O4S2/c23-19-17(28-20(24)22-19)9-13-7-11-5-6-12(8-16(11)27-13)25-10-18-21-14-3-1-2-4-15(14)26-18/h1-8,17H,9-10H2,(H,22,23,24). The largest absolute Gasteiger partial charge is 0.484 e. The summed E-state index contributed by atoms with van der Waals surface area (Å²) in [5.74, 6) is 1.04. The highest BCUT2D eigenvalue weighted by Crippen LogP contribution is 2.32. The van der Waals surface area contributed by atoms with E-state index in [4.69, 9.17) is 9.15 Å². The fraction of sp³-hybridized carbons (Fsp3) is 0.150. The van der Waals surface area contributed by atoms with Gasteiger partial charge in [-0.2, -0.15) is 0 Å². The molecule has 8 heteroatoms. The van der Waals surface area contributed by atoms with E-state index in [1.807, 2.05) is 42.5 Å². The SMILES string of the molecule is O=C1NC(=O)C(Cc2cc3ccc(OCc4nc5ccccc5o4)cc3s2)S1. The Morgan fingerprint density at radius 2 is 2.04 bits per heavy atom. The monoisotopic (exact) mass is 410 g/mol. The van der Waals surface area contributed by atoms with Gasteiger partial charge in [0.25, 0.3) is 5.24 Å². The van der Waals surface area contributed by atoms with Gasteiger partial charge in [-0.3, -0.25) is 14.9 Å². The topological polar surface area (TPSA) is 81.4 Å². The van der Waals surface area contributed by atoms with Gasteiger partial charge in [-0.15, -0.1) is 11.3 Å². The van der Waals surface area contributed by atoms with Gasteiger partial charge in [0.1, 0.15) is 11.3 Å². The predicted molar refractivity (Wildman–Crippen MR) is 109 cm³/mol. The summed E-state index contributed by atoms with van der Waals surface area (Å²) >= 11 is 2.66. The quantitative estimate of drug-likeness (QED) is 0.521. The van der Waals surface area contributed by atoms with Gasteiger partial charge in [0.2, 0.25) is 11.8 Å². The molecule has 1 fully saturated rings. The molecule has 2 amide bonds. The first-order valence-electron chi connectivity index (χ1n) is 8.65. The highest BCUT2D eigenvalue weighted by atomic mass is 32.2. The van der Waals surface area contributed by atoms with Gasteiger partial charge in [0.05, 0.1) is 5.25 Å². The Morgan fingerprint density at radius 1 is 1.14 bits per heavy atom. The second kappa shape index (κ2) is 6.96. The van der Waals surface area contributed by atoms with Crippen LogP contribution in [0.2, 0.25) is 0 Å². The van der Waals surface area contributed by atoms with E-state index in [0.717, 1.165) is 43.6 Å². The van der Waals surface area contributed by atoms with Gasteiger partial charge >= 0.3 is 0 Å². The molecular weight excluding hydrogens is 396 g/mol. The molecule has 5 rings (SSSR count). The molecule has 0 radical (unpaired) electrons. The molecule has 2 aromatic heterocycles. The minimum absolute atomic E-state index is 0.213. The van der Waals surface area contributed by atoms with Crippen molar-refractivity contribution < 1.29 is 18.7 Å². The maximum Gasteiger partial charge on any atom is 0.286 e. The molecule has 1 saturated heterocycles. The predicted octanol–water partition coefficient (Wildman–Crippen LogP) is 4.52. The summed E-state index contributed by atoms with van der Waals surface area (Å²) in [6.07, 6.45) is 0.542. The molecule has 4 aromatic rings. The van der Waals surface area contributed by atoms with Crippen molar-refractivity contribution in [3.8, 4) is 5.75 Å². The second-order valence-corrected chi connectivity index (χ2v) is 8.71. The first-order valence-corrected chi connectivity index (χ1v) is 10.3. The van der Waals surface area contributed by atoms with E-state index in [1.165, 1.54) is 0 Å². The summed E-state index contributed by atoms with van der Waals surface area (Å²) in [5, 5.41) is 2.79. The van der Waals surface area contributed by atoms with Crippen LogP contribution in [0.4, 0.5) is 4.79 Å². The van der Waals surface area contributed by atoms with Crippen LogP contribution in [0.1, 0.15) is 10.8 Å². The van der Waals surface area contributed by atoms with Crippen LogP contribution in [-0.4, -0.2) is 21.4 Å². The minimum atomic E-state index is -0.351. The van der Waals surface area contributed by atoms with Crippen molar-refractivity contribution in [1.82, 2.24) is 10.3 Å². The number of benzene rings is 2. The van der Waals surface area contributed by atoms with Crippen LogP contribution in [0.3, 0.4) is 0 Å². The number of carbonyl (C=O) groups excluding carboxylic acids is 2.